The van der Waals surface area contributed by atoms with E-state index >= 15 is 0 Å². The second kappa shape index (κ2) is 9.95. The molecule has 1 heteroatoms. The Labute approximate surface area is 175 Å². The Balaban J connectivity index is 1.42. The fourth-order valence-corrected chi connectivity index (χ4v) is 6.09. The molecule has 0 aliphatic carbocycles. The van der Waals surface area contributed by atoms with Crippen molar-refractivity contribution in [2.45, 2.75) is 19.3 Å². The normalized spacial score (nSPS) is 10.5. The van der Waals surface area contributed by atoms with E-state index in [1.807, 2.05) is 0 Å². The van der Waals surface area contributed by atoms with Crippen molar-refractivity contribution in [2.24, 2.45) is 0 Å². The molecule has 0 heterocycles. The third-order valence-corrected chi connectivity index (χ3v) is 7.86. The van der Waals surface area contributed by atoms with Gasteiger partial charge in [0.25, 0.3) is 0 Å². The summed E-state index contributed by atoms with van der Waals surface area (Å²) in [6, 6.07) is 41.6. The molecule has 0 fully saturated rings. The van der Waals surface area contributed by atoms with Crippen molar-refractivity contribution >= 4 is 24.5 Å². The highest BCUT2D eigenvalue weighted by atomic mass is 28.2. The fraction of sp³-hybridized carbons (Fsp3) is 0.107. The highest BCUT2D eigenvalue weighted by Gasteiger charge is 2.05. The van der Waals surface area contributed by atoms with E-state index < -0.39 is 8.41 Å². The van der Waals surface area contributed by atoms with Gasteiger partial charge in [0.05, 0.1) is 8.41 Å². The lowest BCUT2D eigenvalue weighted by molar-refractivity contribution is 0.878. The molecule has 4 rings (SSSR count). The van der Waals surface area contributed by atoms with Gasteiger partial charge in [0.1, 0.15) is 0 Å². The molecule has 0 spiro atoms. The Morgan fingerprint density at radius 1 is 0.517 bits per heavy atom. The lowest BCUT2D eigenvalue weighted by Crippen LogP contribution is -2.36. The largest absolute Gasteiger partial charge is 0.0953 e. The Bertz CT molecular complexity index is 992. The zero-order valence-electron chi connectivity index (χ0n) is 16.7. The Morgan fingerprint density at radius 3 is 1.55 bits per heavy atom. The van der Waals surface area contributed by atoms with Gasteiger partial charge in [-0.1, -0.05) is 121 Å². The zero-order chi connectivity index (χ0) is 19.7. The van der Waals surface area contributed by atoms with Gasteiger partial charge in [0.15, 0.2) is 0 Å². The Hall–Kier alpha value is -3.03. The summed E-state index contributed by atoms with van der Waals surface area (Å²) in [6.07, 6.45) is 3.47. The van der Waals surface area contributed by atoms with E-state index in [9.17, 15) is 0 Å². The first kappa shape index (κ1) is 19.3. The second-order valence-corrected chi connectivity index (χ2v) is 9.70. The van der Waals surface area contributed by atoms with Crippen LogP contribution in [-0.4, -0.2) is 14.1 Å². The standard InChI is InChI=1S/C28H26Si/c1-4-13-25(14-5-1)26-21-19-24(20-22-26)12-10-11-23-29(27-15-6-2-7-16-27)28-17-8-3-9-18-28/h1-9,13-23H,10-12H2. The van der Waals surface area contributed by atoms with Crippen LogP contribution in [0.3, 0.4) is 0 Å². The van der Waals surface area contributed by atoms with Crippen LogP contribution in [0.15, 0.2) is 115 Å². The molecule has 29 heavy (non-hydrogen) atoms. The minimum absolute atomic E-state index is 0.821. The van der Waals surface area contributed by atoms with Crippen LogP contribution in [0.1, 0.15) is 18.4 Å². The smallest absolute Gasteiger partial charge is 0.0760 e. The molecule has 4 aromatic carbocycles. The van der Waals surface area contributed by atoms with E-state index in [0.717, 1.165) is 12.8 Å². The monoisotopic (exact) mass is 390 g/mol. The summed E-state index contributed by atoms with van der Waals surface area (Å²) in [4.78, 5) is 0. The van der Waals surface area contributed by atoms with E-state index in [2.05, 4.69) is 121 Å². The van der Waals surface area contributed by atoms with Crippen molar-refractivity contribution in [3.63, 3.8) is 0 Å². The Kier molecular flexibility index (Phi) is 6.62. The average Bonchev–Trinajstić information content (AvgIpc) is 2.81. The summed E-state index contributed by atoms with van der Waals surface area (Å²) in [7, 11) is -0.821. The maximum atomic E-state index is 2.58. The highest BCUT2D eigenvalue weighted by Crippen LogP contribution is 2.19. The molecule has 142 valence electrons. The van der Waals surface area contributed by atoms with Crippen molar-refractivity contribution in [2.75, 3.05) is 0 Å². The van der Waals surface area contributed by atoms with E-state index in [1.54, 1.807) is 0 Å². The van der Waals surface area contributed by atoms with Crippen LogP contribution in [0.2, 0.25) is 0 Å². The summed E-state index contributed by atoms with van der Waals surface area (Å²) in [5.74, 6) is 0. The van der Waals surface area contributed by atoms with Crippen LogP contribution < -0.4 is 10.4 Å². The molecule has 0 nitrogen and oxygen atoms in total. The van der Waals surface area contributed by atoms with Gasteiger partial charge >= 0.3 is 0 Å². The number of aryl methyl sites for hydroxylation is 1. The fourth-order valence-electron chi connectivity index (χ4n) is 3.68. The minimum Gasteiger partial charge on any atom is -0.0953 e. The molecule has 0 radical (unpaired) electrons. The molecule has 0 aliphatic heterocycles. The lowest BCUT2D eigenvalue weighted by Gasteiger charge is -2.08. The molecule has 0 N–H and O–H groups in total. The van der Waals surface area contributed by atoms with E-state index in [1.165, 1.54) is 33.5 Å². The van der Waals surface area contributed by atoms with Gasteiger partial charge in [-0.25, -0.2) is 0 Å². The molecule has 0 bridgehead atoms. The molecular formula is C28H26Si. The molecule has 4 aromatic rings. The second-order valence-electron chi connectivity index (χ2n) is 7.31. The van der Waals surface area contributed by atoms with Crippen molar-refractivity contribution in [3.05, 3.63) is 121 Å². The maximum Gasteiger partial charge on any atom is 0.0760 e. The first-order chi connectivity index (χ1) is 14.4. The summed E-state index contributed by atoms with van der Waals surface area (Å²) in [6.45, 7) is 0. The maximum absolute atomic E-state index is 2.58. The van der Waals surface area contributed by atoms with Gasteiger partial charge < -0.3 is 0 Å². The highest BCUT2D eigenvalue weighted by molar-refractivity contribution is 6.88. The van der Waals surface area contributed by atoms with Crippen molar-refractivity contribution in [1.29, 1.82) is 0 Å². The molecule has 0 atom stereocenters. The van der Waals surface area contributed by atoms with Gasteiger partial charge in [-0.05, 0) is 46.3 Å². The summed E-state index contributed by atoms with van der Waals surface area (Å²) < 4.78 is 0. The topological polar surface area (TPSA) is 0 Å². The van der Waals surface area contributed by atoms with E-state index in [-0.39, 0.29) is 0 Å². The van der Waals surface area contributed by atoms with Gasteiger partial charge in [0.2, 0.25) is 0 Å². The molecule has 0 aliphatic rings. The van der Waals surface area contributed by atoms with Crippen LogP contribution in [0.5, 0.6) is 0 Å². The van der Waals surface area contributed by atoms with Crippen LogP contribution in [0.25, 0.3) is 11.1 Å². The van der Waals surface area contributed by atoms with Gasteiger partial charge in [0, 0.05) is 0 Å². The van der Waals surface area contributed by atoms with Crippen LogP contribution in [-0.2, 0) is 6.42 Å². The van der Waals surface area contributed by atoms with Crippen molar-refractivity contribution in [3.8, 4) is 11.1 Å². The Morgan fingerprint density at radius 2 is 1.00 bits per heavy atom. The number of hydrogen-bond acceptors (Lipinski definition) is 0. The van der Waals surface area contributed by atoms with Gasteiger partial charge in [-0.3, -0.25) is 0 Å². The molecule has 0 saturated carbocycles. The van der Waals surface area contributed by atoms with Crippen LogP contribution in [0, 0.1) is 0 Å². The first-order valence-electron chi connectivity index (χ1n) is 10.4. The third kappa shape index (κ3) is 5.27. The average molecular weight is 391 g/mol. The molecule has 0 amide bonds. The molecule has 0 saturated heterocycles. The summed E-state index contributed by atoms with van der Waals surface area (Å²) >= 11 is 0. The van der Waals surface area contributed by atoms with Crippen LogP contribution >= 0.6 is 0 Å². The van der Waals surface area contributed by atoms with Crippen LogP contribution in [0.4, 0.5) is 0 Å². The molecule has 0 aromatic heterocycles. The number of unbranched alkanes of at least 4 members (excludes halogenated alkanes) is 1. The van der Waals surface area contributed by atoms with Crippen molar-refractivity contribution < 1.29 is 0 Å². The number of hydrogen-bond donors (Lipinski definition) is 0. The lowest BCUT2D eigenvalue weighted by atomic mass is 10.0. The molecule has 0 unspecified atom stereocenters. The first-order valence-corrected chi connectivity index (χ1v) is 11.9. The van der Waals surface area contributed by atoms with Gasteiger partial charge in [-0.2, -0.15) is 0 Å². The predicted octanol–water partition coefficient (Wildman–Crippen LogP) is 5.37. The minimum atomic E-state index is -0.821. The van der Waals surface area contributed by atoms with E-state index in [4.69, 9.17) is 0 Å². The SMILES string of the molecule is C(CCCc1ccc(-c2ccccc2)cc1)=[Si](c1ccccc1)c1ccccc1. The van der Waals surface area contributed by atoms with Crippen molar-refractivity contribution in [1.82, 2.24) is 0 Å². The molecular weight excluding hydrogens is 364 g/mol. The quantitative estimate of drug-likeness (QED) is 0.294. The third-order valence-electron chi connectivity index (χ3n) is 5.25. The zero-order valence-corrected chi connectivity index (χ0v) is 17.7. The van der Waals surface area contributed by atoms with Gasteiger partial charge in [-0.15, -0.1) is 0 Å². The van der Waals surface area contributed by atoms with E-state index in [0.29, 0.717) is 0 Å². The summed E-state index contributed by atoms with van der Waals surface area (Å²) in [5.41, 5.74) is 6.57. The number of benzene rings is 4. The predicted molar refractivity (Wildman–Crippen MR) is 129 cm³/mol. The number of rotatable bonds is 7. The summed E-state index contributed by atoms with van der Waals surface area (Å²) in [5, 5.41) is 2.94.